The summed E-state index contributed by atoms with van der Waals surface area (Å²) in [5.74, 6) is -0.189. The van der Waals surface area contributed by atoms with E-state index in [0.29, 0.717) is 12.3 Å². The third-order valence-corrected chi connectivity index (χ3v) is 3.10. The van der Waals surface area contributed by atoms with E-state index in [-0.39, 0.29) is 6.42 Å². The van der Waals surface area contributed by atoms with Gasteiger partial charge in [-0.2, -0.15) is 0 Å². The fourth-order valence-corrected chi connectivity index (χ4v) is 1.83. The molecule has 0 aliphatic carbocycles. The van der Waals surface area contributed by atoms with Crippen LogP contribution in [0.5, 0.6) is 0 Å². The van der Waals surface area contributed by atoms with Gasteiger partial charge in [-0.25, -0.2) is 0 Å². The Morgan fingerprint density at radius 1 is 1.39 bits per heavy atom. The van der Waals surface area contributed by atoms with Gasteiger partial charge in [0.15, 0.2) is 0 Å². The predicted molar refractivity (Wildman–Crippen MR) is 73.8 cm³/mol. The van der Waals surface area contributed by atoms with E-state index in [4.69, 9.17) is 5.11 Å². The summed E-state index contributed by atoms with van der Waals surface area (Å²) in [6.07, 6.45) is 0.913. The zero-order valence-electron chi connectivity index (χ0n) is 11.5. The topological polar surface area (TPSA) is 49.3 Å². The van der Waals surface area contributed by atoms with Crippen LogP contribution in [-0.2, 0) is 11.3 Å². The van der Waals surface area contributed by atoms with Gasteiger partial charge in [0.2, 0.25) is 0 Å². The van der Waals surface area contributed by atoms with E-state index in [2.05, 4.69) is 44.3 Å². The van der Waals surface area contributed by atoms with Gasteiger partial charge in [0.25, 0.3) is 0 Å². The summed E-state index contributed by atoms with van der Waals surface area (Å²) < 4.78 is 0. The molecule has 100 valence electrons. The van der Waals surface area contributed by atoms with Crippen LogP contribution in [0.15, 0.2) is 18.2 Å². The Labute approximate surface area is 109 Å². The normalized spacial score (nSPS) is 10.9. The maximum absolute atomic E-state index is 10.4. The number of carbonyl (C=O) groups is 1. The Morgan fingerprint density at radius 2 is 2.11 bits per heavy atom. The highest BCUT2D eigenvalue weighted by Crippen LogP contribution is 2.18. The fraction of sp³-hybridized carbons (Fsp3) is 0.533. The molecule has 0 radical (unpaired) electrons. The lowest BCUT2D eigenvalue weighted by Gasteiger charge is -2.12. The van der Waals surface area contributed by atoms with Crippen molar-refractivity contribution < 1.29 is 9.90 Å². The van der Waals surface area contributed by atoms with Crippen molar-refractivity contribution in [2.75, 3.05) is 6.54 Å². The van der Waals surface area contributed by atoms with Crippen LogP contribution in [0.4, 0.5) is 0 Å². The third-order valence-electron chi connectivity index (χ3n) is 3.10. The first-order valence-corrected chi connectivity index (χ1v) is 6.52. The Hall–Kier alpha value is -1.35. The molecule has 1 rings (SSSR count). The first kappa shape index (κ1) is 14.7. The third kappa shape index (κ3) is 4.88. The second-order valence-corrected chi connectivity index (χ2v) is 5.01. The van der Waals surface area contributed by atoms with Crippen LogP contribution in [-0.4, -0.2) is 17.6 Å². The van der Waals surface area contributed by atoms with Crippen molar-refractivity contribution >= 4 is 5.97 Å². The Balaban J connectivity index is 2.46. The number of nitrogens with one attached hydrogen (secondary N) is 1. The molecule has 0 fully saturated rings. The second-order valence-electron chi connectivity index (χ2n) is 5.01. The summed E-state index contributed by atoms with van der Waals surface area (Å²) >= 11 is 0. The van der Waals surface area contributed by atoms with E-state index >= 15 is 0 Å². The fourth-order valence-electron chi connectivity index (χ4n) is 1.83. The predicted octanol–water partition coefficient (Wildman–Crippen LogP) is 3.07. The summed E-state index contributed by atoms with van der Waals surface area (Å²) in [5, 5.41) is 11.8. The molecular formula is C15H23NO2. The van der Waals surface area contributed by atoms with Gasteiger partial charge in [-0.1, -0.05) is 32.0 Å². The van der Waals surface area contributed by atoms with E-state index in [9.17, 15) is 4.79 Å². The highest BCUT2D eigenvalue weighted by Gasteiger charge is 2.03. The van der Waals surface area contributed by atoms with Crippen molar-refractivity contribution in [3.05, 3.63) is 34.9 Å². The first-order chi connectivity index (χ1) is 8.50. The monoisotopic (exact) mass is 249 g/mol. The summed E-state index contributed by atoms with van der Waals surface area (Å²) in [7, 11) is 0. The number of aryl methyl sites for hydroxylation is 1. The van der Waals surface area contributed by atoms with E-state index in [1.807, 2.05) is 0 Å². The molecule has 0 aliphatic heterocycles. The maximum atomic E-state index is 10.4. The second kappa shape index (κ2) is 7.17. The number of carboxylic acid groups (broad SMARTS) is 1. The molecule has 0 heterocycles. The number of benzene rings is 1. The molecule has 0 saturated carbocycles. The van der Waals surface area contributed by atoms with Gasteiger partial charge >= 0.3 is 5.97 Å². The van der Waals surface area contributed by atoms with E-state index in [1.54, 1.807) is 0 Å². The lowest BCUT2D eigenvalue weighted by molar-refractivity contribution is -0.137. The minimum Gasteiger partial charge on any atom is -0.481 e. The Morgan fingerprint density at radius 3 is 2.72 bits per heavy atom. The molecule has 0 aliphatic rings. The van der Waals surface area contributed by atoms with Crippen molar-refractivity contribution in [2.45, 2.75) is 46.1 Å². The van der Waals surface area contributed by atoms with Gasteiger partial charge in [-0.05, 0) is 42.5 Å². The van der Waals surface area contributed by atoms with Gasteiger partial charge in [-0.15, -0.1) is 0 Å². The summed E-state index contributed by atoms with van der Waals surface area (Å²) in [4.78, 5) is 10.4. The average Bonchev–Trinajstić information content (AvgIpc) is 2.30. The van der Waals surface area contributed by atoms with Crippen LogP contribution in [0.2, 0.25) is 0 Å². The maximum Gasteiger partial charge on any atom is 0.303 e. The van der Waals surface area contributed by atoms with Gasteiger partial charge in [0.1, 0.15) is 0 Å². The molecule has 0 bridgehead atoms. The molecule has 3 heteroatoms. The molecule has 0 amide bonds. The van der Waals surface area contributed by atoms with Crippen molar-refractivity contribution in [3.8, 4) is 0 Å². The summed E-state index contributed by atoms with van der Waals surface area (Å²) in [6, 6.07) is 6.57. The van der Waals surface area contributed by atoms with E-state index in [1.165, 1.54) is 16.7 Å². The number of hydrogen-bond donors (Lipinski definition) is 2. The number of carboxylic acids is 1. The smallest absolute Gasteiger partial charge is 0.303 e. The Bertz CT molecular complexity index is 399. The van der Waals surface area contributed by atoms with Crippen molar-refractivity contribution in [3.63, 3.8) is 0 Å². The van der Waals surface area contributed by atoms with Gasteiger partial charge < -0.3 is 10.4 Å². The largest absolute Gasteiger partial charge is 0.481 e. The number of hydrogen-bond acceptors (Lipinski definition) is 2. The molecule has 0 spiro atoms. The highest BCUT2D eigenvalue weighted by atomic mass is 16.4. The summed E-state index contributed by atoms with van der Waals surface area (Å²) in [5.41, 5.74) is 3.93. The number of aliphatic carboxylic acids is 1. The summed E-state index contributed by atoms with van der Waals surface area (Å²) in [6.45, 7) is 8.05. The van der Waals surface area contributed by atoms with Gasteiger partial charge in [0, 0.05) is 13.0 Å². The van der Waals surface area contributed by atoms with Crippen molar-refractivity contribution in [2.24, 2.45) is 0 Å². The molecule has 0 unspecified atom stereocenters. The molecule has 1 aromatic carbocycles. The van der Waals surface area contributed by atoms with E-state index < -0.39 is 5.97 Å². The zero-order chi connectivity index (χ0) is 13.5. The van der Waals surface area contributed by atoms with Crippen LogP contribution in [0, 0.1) is 6.92 Å². The molecule has 0 aromatic heterocycles. The Kier molecular flexibility index (Phi) is 5.86. The molecule has 18 heavy (non-hydrogen) atoms. The molecule has 0 saturated heterocycles. The molecule has 0 atom stereocenters. The minimum absolute atomic E-state index is 0.234. The zero-order valence-corrected chi connectivity index (χ0v) is 11.5. The van der Waals surface area contributed by atoms with E-state index in [0.717, 1.165) is 13.1 Å². The molecule has 3 nitrogen and oxygen atoms in total. The van der Waals surface area contributed by atoms with Gasteiger partial charge in [0.05, 0.1) is 0 Å². The molecule has 2 N–H and O–H groups in total. The number of rotatable bonds is 7. The lowest BCUT2D eigenvalue weighted by atomic mass is 9.98. The van der Waals surface area contributed by atoms with Crippen LogP contribution in [0.25, 0.3) is 0 Å². The average molecular weight is 249 g/mol. The van der Waals surface area contributed by atoms with Crippen molar-refractivity contribution in [1.82, 2.24) is 5.32 Å². The standard InChI is InChI=1S/C15H23NO2/c1-11(2)13-7-6-12(3)14(9-13)10-16-8-4-5-15(17)18/h6-7,9,11,16H,4-5,8,10H2,1-3H3,(H,17,18). The minimum atomic E-state index is -0.727. The van der Waals surface area contributed by atoms with Crippen molar-refractivity contribution in [1.29, 1.82) is 0 Å². The van der Waals surface area contributed by atoms with Crippen LogP contribution in [0.3, 0.4) is 0 Å². The molecule has 1 aromatic rings. The quantitative estimate of drug-likeness (QED) is 0.730. The lowest BCUT2D eigenvalue weighted by Crippen LogP contribution is -2.16. The van der Waals surface area contributed by atoms with Crippen LogP contribution >= 0.6 is 0 Å². The first-order valence-electron chi connectivity index (χ1n) is 6.52. The SMILES string of the molecule is Cc1ccc(C(C)C)cc1CNCCCC(=O)O. The van der Waals surface area contributed by atoms with Gasteiger partial charge in [-0.3, -0.25) is 4.79 Å². The van der Waals surface area contributed by atoms with Crippen LogP contribution in [0.1, 0.15) is 49.3 Å². The highest BCUT2D eigenvalue weighted by molar-refractivity contribution is 5.66. The van der Waals surface area contributed by atoms with Crippen LogP contribution < -0.4 is 5.32 Å². The molecular weight excluding hydrogens is 226 g/mol.